The van der Waals surface area contributed by atoms with Gasteiger partial charge in [-0.3, -0.25) is 0 Å². The molecule has 0 radical (unpaired) electrons. The molecule has 0 spiro atoms. The third-order valence-electron chi connectivity index (χ3n) is 4.38. The molecule has 2 heterocycles. The number of unbranched alkanes of at least 4 members (excludes halogenated alkanes) is 3. The summed E-state index contributed by atoms with van der Waals surface area (Å²) in [6, 6.07) is 8.30. The van der Waals surface area contributed by atoms with Gasteiger partial charge in [0.15, 0.2) is 0 Å². The maximum Gasteiger partial charge on any atom is 0.131 e. The largest absolute Gasteiger partial charge is 0.462 e. The van der Waals surface area contributed by atoms with Gasteiger partial charge in [-0.15, -0.1) is 0 Å². The van der Waals surface area contributed by atoms with Crippen LogP contribution in [0.25, 0.3) is 0 Å². The third-order valence-corrected chi connectivity index (χ3v) is 4.38. The fourth-order valence-corrected chi connectivity index (χ4v) is 3.06. The Balaban J connectivity index is 1.53. The highest BCUT2D eigenvalue weighted by molar-refractivity contribution is 5.42. The molecule has 0 saturated carbocycles. The van der Waals surface area contributed by atoms with E-state index < -0.39 is 0 Å². The van der Waals surface area contributed by atoms with E-state index in [1.807, 2.05) is 18.4 Å². The Labute approximate surface area is 133 Å². The van der Waals surface area contributed by atoms with Gasteiger partial charge < -0.3 is 15.0 Å². The topological polar surface area (TPSA) is 24.5 Å². The van der Waals surface area contributed by atoms with Crippen molar-refractivity contribution in [2.45, 2.75) is 39.2 Å². The number of fused-ring (bicyclic) bond motifs is 2. The Bertz CT molecular complexity index is 562. The molecule has 0 fully saturated rings. The number of hydrogen-bond acceptors (Lipinski definition) is 3. The zero-order valence-corrected chi connectivity index (χ0v) is 13.5. The van der Waals surface area contributed by atoms with Crippen LogP contribution in [0.2, 0.25) is 0 Å². The van der Waals surface area contributed by atoms with E-state index in [9.17, 15) is 0 Å². The molecule has 0 aromatic heterocycles. The maximum absolute atomic E-state index is 5.88. The van der Waals surface area contributed by atoms with Crippen molar-refractivity contribution in [2.24, 2.45) is 0 Å². The van der Waals surface area contributed by atoms with Crippen LogP contribution in [0.5, 0.6) is 5.75 Å². The Kier molecular flexibility index (Phi) is 5.17. The SMILES string of the molecule is CCCCCCNCC1=CCN2Cc3ccccc3OC=C12. The van der Waals surface area contributed by atoms with Crippen LogP contribution in [0.3, 0.4) is 0 Å². The second-order valence-corrected chi connectivity index (χ2v) is 6.08. The summed E-state index contributed by atoms with van der Waals surface area (Å²) in [4.78, 5) is 2.39. The van der Waals surface area contributed by atoms with Gasteiger partial charge in [0.05, 0.1) is 5.70 Å². The van der Waals surface area contributed by atoms with Crippen LogP contribution in [-0.4, -0.2) is 24.5 Å². The molecule has 0 aliphatic carbocycles. The molecular weight excluding hydrogens is 272 g/mol. The first-order valence-electron chi connectivity index (χ1n) is 8.48. The highest BCUT2D eigenvalue weighted by atomic mass is 16.5. The molecule has 0 saturated heterocycles. The summed E-state index contributed by atoms with van der Waals surface area (Å²) in [6.07, 6.45) is 9.48. The number of nitrogens with one attached hydrogen (secondary N) is 1. The summed E-state index contributed by atoms with van der Waals surface area (Å²) >= 11 is 0. The lowest BCUT2D eigenvalue weighted by atomic mass is 10.2. The van der Waals surface area contributed by atoms with Crippen molar-refractivity contribution in [1.82, 2.24) is 10.2 Å². The van der Waals surface area contributed by atoms with Gasteiger partial charge in [-0.05, 0) is 24.6 Å². The molecule has 0 bridgehead atoms. The summed E-state index contributed by atoms with van der Waals surface area (Å²) in [5.74, 6) is 0.983. The molecule has 22 heavy (non-hydrogen) atoms. The molecule has 1 aromatic carbocycles. The van der Waals surface area contributed by atoms with Crippen LogP contribution < -0.4 is 10.1 Å². The van der Waals surface area contributed by atoms with Crippen molar-refractivity contribution in [1.29, 1.82) is 0 Å². The van der Waals surface area contributed by atoms with Crippen molar-refractivity contribution < 1.29 is 4.74 Å². The summed E-state index contributed by atoms with van der Waals surface area (Å²) in [5.41, 5.74) is 3.86. The van der Waals surface area contributed by atoms with Crippen LogP contribution in [0.15, 0.2) is 47.9 Å². The van der Waals surface area contributed by atoms with E-state index in [0.717, 1.165) is 31.9 Å². The molecule has 3 nitrogen and oxygen atoms in total. The average molecular weight is 298 g/mol. The van der Waals surface area contributed by atoms with Gasteiger partial charge in [0.2, 0.25) is 0 Å². The molecule has 1 N–H and O–H groups in total. The summed E-state index contributed by atoms with van der Waals surface area (Å²) in [6.45, 7) is 6.21. The van der Waals surface area contributed by atoms with Crippen molar-refractivity contribution in [3.63, 3.8) is 0 Å². The standard InChI is InChI=1S/C19H26N2O/c1-2-3-4-7-11-20-13-16-10-12-21-14-17-8-5-6-9-19(17)22-15-18(16)21/h5-6,8-10,15,20H,2-4,7,11-14H2,1H3. The monoisotopic (exact) mass is 298 g/mol. The highest BCUT2D eigenvalue weighted by Crippen LogP contribution is 2.31. The minimum absolute atomic E-state index is 0.929. The molecule has 0 amide bonds. The van der Waals surface area contributed by atoms with E-state index in [0.29, 0.717) is 0 Å². The number of ether oxygens (including phenoxy) is 1. The van der Waals surface area contributed by atoms with E-state index >= 15 is 0 Å². The Morgan fingerprint density at radius 2 is 2.09 bits per heavy atom. The van der Waals surface area contributed by atoms with Gasteiger partial charge >= 0.3 is 0 Å². The van der Waals surface area contributed by atoms with Crippen LogP contribution in [0, 0.1) is 0 Å². The Morgan fingerprint density at radius 1 is 1.18 bits per heavy atom. The molecule has 118 valence electrons. The molecule has 2 aliphatic rings. The van der Waals surface area contributed by atoms with Crippen LogP contribution >= 0.6 is 0 Å². The van der Waals surface area contributed by atoms with E-state index in [1.54, 1.807) is 0 Å². The summed E-state index contributed by atoms with van der Waals surface area (Å²) in [5, 5.41) is 3.57. The van der Waals surface area contributed by atoms with E-state index in [2.05, 4.69) is 35.3 Å². The lowest BCUT2D eigenvalue weighted by molar-refractivity contribution is 0.395. The number of para-hydroxylation sites is 1. The smallest absolute Gasteiger partial charge is 0.131 e. The van der Waals surface area contributed by atoms with Gasteiger partial charge in [-0.2, -0.15) is 0 Å². The lowest BCUT2D eigenvalue weighted by Crippen LogP contribution is -2.22. The second-order valence-electron chi connectivity index (χ2n) is 6.08. The Morgan fingerprint density at radius 3 is 3.00 bits per heavy atom. The summed E-state index contributed by atoms with van der Waals surface area (Å²) in [7, 11) is 0. The predicted molar refractivity (Wildman–Crippen MR) is 90.7 cm³/mol. The van der Waals surface area contributed by atoms with E-state index in [4.69, 9.17) is 4.74 Å². The number of nitrogens with zero attached hydrogens (tertiary/aromatic N) is 1. The molecule has 3 rings (SSSR count). The van der Waals surface area contributed by atoms with Gasteiger partial charge in [0.1, 0.15) is 12.0 Å². The van der Waals surface area contributed by atoms with Crippen LogP contribution in [0.4, 0.5) is 0 Å². The Hall–Kier alpha value is -1.74. The van der Waals surface area contributed by atoms with Crippen LogP contribution in [0.1, 0.15) is 38.2 Å². The first-order chi connectivity index (χ1) is 10.9. The lowest BCUT2D eigenvalue weighted by Gasteiger charge is -2.19. The van der Waals surface area contributed by atoms with Gasteiger partial charge in [-0.25, -0.2) is 0 Å². The number of benzene rings is 1. The van der Waals surface area contributed by atoms with Crippen molar-refractivity contribution in [3.05, 3.63) is 53.4 Å². The zero-order chi connectivity index (χ0) is 15.2. The van der Waals surface area contributed by atoms with Crippen molar-refractivity contribution >= 4 is 0 Å². The van der Waals surface area contributed by atoms with Crippen molar-refractivity contribution in [3.8, 4) is 5.75 Å². The zero-order valence-electron chi connectivity index (χ0n) is 13.5. The van der Waals surface area contributed by atoms with Crippen LogP contribution in [-0.2, 0) is 6.54 Å². The fourth-order valence-electron chi connectivity index (χ4n) is 3.06. The number of rotatable bonds is 7. The highest BCUT2D eigenvalue weighted by Gasteiger charge is 2.23. The average Bonchev–Trinajstić information content (AvgIpc) is 2.81. The van der Waals surface area contributed by atoms with E-state index in [1.165, 1.54) is 42.5 Å². The summed E-state index contributed by atoms with van der Waals surface area (Å²) < 4.78 is 5.88. The molecule has 3 heteroatoms. The quantitative estimate of drug-likeness (QED) is 0.774. The number of hydrogen-bond donors (Lipinski definition) is 1. The molecule has 0 atom stereocenters. The molecule has 2 aliphatic heterocycles. The molecule has 1 aromatic rings. The molecular formula is C19H26N2O. The van der Waals surface area contributed by atoms with Crippen molar-refractivity contribution in [2.75, 3.05) is 19.6 Å². The first-order valence-corrected chi connectivity index (χ1v) is 8.48. The second kappa shape index (κ2) is 7.50. The maximum atomic E-state index is 5.88. The minimum Gasteiger partial charge on any atom is -0.462 e. The normalized spacial score (nSPS) is 16.3. The van der Waals surface area contributed by atoms with Gasteiger partial charge in [0.25, 0.3) is 0 Å². The predicted octanol–water partition coefficient (Wildman–Crippen LogP) is 3.83. The van der Waals surface area contributed by atoms with Gasteiger partial charge in [0, 0.05) is 25.2 Å². The first kappa shape index (κ1) is 15.2. The van der Waals surface area contributed by atoms with E-state index in [-0.39, 0.29) is 0 Å². The molecule has 0 unspecified atom stereocenters. The third kappa shape index (κ3) is 3.53. The van der Waals surface area contributed by atoms with Gasteiger partial charge in [-0.1, -0.05) is 50.5 Å². The minimum atomic E-state index is 0.929. The fraction of sp³-hybridized carbons (Fsp3) is 0.474.